The number of hydrogen-bond acceptors (Lipinski definition) is 3. The highest BCUT2D eigenvalue weighted by molar-refractivity contribution is 6.34. The Morgan fingerprint density at radius 3 is 2.52 bits per heavy atom. The average Bonchev–Trinajstić information content (AvgIpc) is 3.03. The summed E-state index contributed by atoms with van der Waals surface area (Å²) in [7, 11) is 1.75. The first-order valence-corrected chi connectivity index (χ1v) is 7.15. The summed E-state index contributed by atoms with van der Waals surface area (Å²) in [5.74, 6) is -0.344. The third-order valence-corrected chi connectivity index (χ3v) is 3.61. The predicted molar refractivity (Wildman–Crippen MR) is 84.4 cm³/mol. The Hall–Kier alpha value is -2.67. The van der Waals surface area contributed by atoms with Crippen molar-refractivity contribution in [3.63, 3.8) is 0 Å². The maximum atomic E-state index is 13.0. The lowest BCUT2D eigenvalue weighted by Gasteiger charge is -2.04. The van der Waals surface area contributed by atoms with Crippen LogP contribution in [0.2, 0.25) is 5.15 Å². The number of benzene rings is 1. The number of halogens is 2. The van der Waals surface area contributed by atoms with Gasteiger partial charge in [0.1, 0.15) is 16.5 Å². The first kappa shape index (κ1) is 15.2. The molecule has 0 aliphatic rings. The Labute approximate surface area is 136 Å². The molecule has 2 aromatic heterocycles. The first-order chi connectivity index (χ1) is 11.0. The van der Waals surface area contributed by atoms with Crippen molar-refractivity contribution in [1.29, 1.82) is 0 Å². The number of carbonyl (C=O) groups is 1. The lowest BCUT2D eigenvalue weighted by atomic mass is 10.2. The van der Waals surface area contributed by atoms with Crippen molar-refractivity contribution >= 4 is 23.3 Å². The molecule has 0 fully saturated rings. The topological polar surface area (TPSA) is 64.7 Å². The summed E-state index contributed by atoms with van der Waals surface area (Å²) in [5, 5.41) is 11.2. The van der Waals surface area contributed by atoms with Gasteiger partial charge in [-0.25, -0.2) is 9.07 Å². The van der Waals surface area contributed by atoms with E-state index in [0.29, 0.717) is 17.2 Å². The highest BCUT2D eigenvalue weighted by Gasteiger charge is 2.21. The Balaban J connectivity index is 1.94. The van der Waals surface area contributed by atoms with E-state index in [-0.39, 0.29) is 16.5 Å². The summed E-state index contributed by atoms with van der Waals surface area (Å²) in [4.78, 5) is 12.4. The molecule has 23 heavy (non-hydrogen) atoms. The van der Waals surface area contributed by atoms with Gasteiger partial charge in [0, 0.05) is 19.3 Å². The van der Waals surface area contributed by atoms with Crippen LogP contribution in [0.25, 0.3) is 5.69 Å². The molecule has 0 saturated carbocycles. The molecule has 0 atom stereocenters. The van der Waals surface area contributed by atoms with Gasteiger partial charge in [0.25, 0.3) is 5.91 Å². The molecule has 2 heterocycles. The van der Waals surface area contributed by atoms with Gasteiger partial charge in [-0.1, -0.05) is 11.6 Å². The van der Waals surface area contributed by atoms with Crippen LogP contribution in [0.4, 0.5) is 10.2 Å². The second-order valence-electron chi connectivity index (χ2n) is 4.97. The number of nitrogens with one attached hydrogen (secondary N) is 1. The van der Waals surface area contributed by atoms with E-state index in [9.17, 15) is 9.18 Å². The number of rotatable bonds is 3. The molecular formula is C15H13ClFN5O. The number of aryl methyl sites for hydroxylation is 2. The molecule has 0 saturated heterocycles. The Bertz CT molecular complexity index is 869. The van der Waals surface area contributed by atoms with Crippen molar-refractivity contribution in [2.24, 2.45) is 7.05 Å². The number of carbonyl (C=O) groups excluding carboxylic acids is 1. The molecule has 0 radical (unpaired) electrons. The van der Waals surface area contributed by atoms with Gasteiger partial charge in [0.05, 0.1) is 11.4 Å². The smallest absolute Gasteiger partial charge is 0.261 e. The summed E-state index contributed by atoms with van der Waals surface area (Å²) in [6.07, 6.45) is 1.71. The minimum atomic E-state index is -0.403. The van der Waals surface area contributed by atoms with Crippen molar-refractivity contribution < 1.29 is 9.18 Å². The van der Waals surface area contributed by atoms with E-state index in [0.717, 1.165) is 0 Å². The van der Waals surface area contributed by atoms with Crippen LogP contribution in [0.5, 0.6) is 0 Å². The zero-order chi connectivity index (χ0) is 16.6. The van der Waals surface area contributed by atoms with Crippen LogP contribution >= 0.6 is 11.6 Å². The molecule has 8 heteroatoms. The Kier molecular flexibility index (Phi) is 3.87. The van der Waals surface area contributed by atoms with E-state index in [4.69, 9.17) is 11.6 Å². The third-order valence-electron chi connectivity index (χ3n) is 3.26. The molecular weight excluding hydrogens is 321 g/mol. The molecule has 0 bridgehead atoms. The molecule has 1 aromatic carbocycles. The molecule has 0 spiro atoms. The minimum Gasteiger partial charge on any atom is -0.305 e. The van der Waals surface area contributed by atoms with E-state index in [1.54, 1.807) is 30.9 Å². The normalized spacial score (nSPS) is 10.8. The second kappa shape index (κ2) is 5.85. The molecule has 1 amide bonds. The maximum absolute atomic E-state index is 13.0. The van der Waals surface area contributed by atoms with Crippen molar-refractivity contribution in [2.75, 3.05) is 5.32 Å². The third kappa shape index (κ3) is 2.95. The molecule has 1 N–H and O–H groups in total. The van der Waals surface area contributed by atoms with Gasteiger partial charge in [0.15, 0.2) is 5.82 Å². The standard InChI is InChI=1S/C15H13ClFN5O/c1-9-13(15(23)18-12-7-8-21(2)20-12)14(16)22(19-9)11-5-3-10(17)4-6-11/h3-8H,1-2H3,(H,18,20,23). The van der Waals surface area contributed by atoms with Crippen LogP contribution in [0.1, 0.15) is 16.1 Å². The zero-order valence-electron chi connectivity index (χ0n) is 12.4. The second-order valence-corrected chi connectivity index (χ2v) is 5.33. The SMILES string of the molecule is Cc1nn(-c2ccc(F)cc2)c(Cl)c1C(=O)Nc1ccn(C)n1. The average molecular weight is 334 g/mol. The van der Waals surface area contributed by atoms with Crippen molar-refractivity contribution in [1.82, 2.24) is 19.6 Å². The first-order valence-electron chi connectivity index (χ1n) is 6.78. The highest BCUT2D eigenvalue weighted by atomic mass is 35.5. The predicted octanol–water partition coefficient (Wildman–Crippen LogP) is 2.96. The molecule has 0 aliphatic heterocycles. The van der Waals surface area contributed by atoms with Gasteiger partial charge in [-0.15, -0.1) is 0 Å². The number of hydrogen-bond donors (Lipinski definition) is 1. The summed E-state index contributed by atoms with van der Waals surface area (Å²) in [6.45, 7) is 1.68. The fraction of sp³-hybridized carbons (Fsp3) is 0.133. The highest BCUT2D eigenvalue weighted by Crippen LogP contribution is 2.24. The van der Waals surface area contributed by atoms with E-state index >= 15 is 0 Å². The minimum absolute atomic E-state index is 0.155. The molecule has 6 nitrogen and oxygen atoms in total. The molecule has 0 aliphatic carbocycles. The monoisotopic (exact) mass is 333 g/mol. The van der Waals surface area contributed by atoms with Crippen LogP contribution in [0, 0.1) is 12.7 Å². The number of nitrogens with zero attached hydrogens (tertiary/aromatic N) is 4. The number of amides is 1. The number of aromatic nitrogens is 4. The van der Waals surface area contributed by atoms with E-state index < -0.39 is 5.91 Å². The van der Waals surface area contributed by atoms with Crippen LogP contribution in [0.3, 0.4) is 0 Å². The van der Waals surface area contributed by atoms with Gasteiger partial charge >= 0.3 is 0 Å². The van der Waals surface area contributed by atoms with Crippen molar-refractivity contribution in [2.45, 2.75) is 6.92 Å². The summed E-state index contributed by atoms with van der Waals surface area (Å²) < 4.78 is 16.0. The van der Waals surface area contributed by atoms with Crippen LogP contribution in [-0.4, -0.2) is 25.5 Å². The fourth-order valence-electron chi connectivity index (χ4n) is 2.17. The van der Waals surface area contributed by atoms with E-state index in [1.807, 2.05) is 0 Å². The van der Waals surface area contributed by atoms with Gasteiger partial charge in [-0.2, -0.15) is 10.2 Å². The van der Waals surface area contributed by atoms with Crippen molar-refractivity contribution in [3.8, 4) is 5.69 Å². The van der Waals surface area contributed by atoms with Crippen LogP contribution in [0.15, 0.2) is 36.5 Å². The summed E-state index contributed by atoms with van der Waals surface area (Å²) >= 11 is 6.29. The van der Waals surface area contributed by atoms with Crippen LogP contribution in [-0.2, 0) is 7.05 Å². The van der Waals surface area contributed by atoms with Gasteiger partial charge in [0.2, 0.25) is 0 Å². The molecule has 3 aromatic rings. The van der Waals surface area contributed by atoms with Gasteiger partial charge < -0.3 is 5.32 Å². The largest absolute Gasteiger partial charge is 0.305 e. The molecule has 0 unspecified atom stereocenters. The van der Waals surface area contributed by atoms with Gasteiger partial charge in [-0.3, -0.25) is 9.48 Å². The lowest BCUT2D eigenvalue weighted by Crippen LogP contribution is -2.13. The summed E-state index contributed by atoms with van der Waals surface area (Å²) in [5.41, 5.74) is 1.28. The fourth-order valence-corrected chi connectivity index (χ4v) is 2.53. The molecule has 3 rings (SSSR count). The molecule has 118 valence electrons. The lowest BCUT2D eigenvalue weighted by molar-refractivity contribution is 0.102. The Morgan fingerprint density at radius 1 is 1.22 bits per heavy atom. The van der Waals surface area contributed by atoms with Crippen molar-refractivity contribution in [3.05, 3.63) is 58.8 Å². The van der Waals surface area contributed by atoms with Gasteiger partial charge in [-0.05, 0) is 31.2 Å². The number of anilines is 1. The Morgan fingerprint density at radius 2 is 1.91 bits per heavy atom. The van der Waals surface area contributed by atoms with E-state index in [2.05, 4.69) is 15.5 Å². The zero-order valence-corrected chi connectivity index (χ0v) is 13.2. The van der Waals surface area contributed by atoms with E-state index in [1.165, 1.54) is 28.9 Å². The van der Waals surface area contributed by atoms with Crippen LogP contribution < -0.4 is 5.32 Å². The quantitative estimate of drug-likeness (QED) is 0.801. The maximum Gasteiger partial charge on any atom is 0.261 e. The summed E-state index contributed by atoms with van der Waals surface area (Å²) in [6, 6.07) is 7.35.